The molecule has 0 saturated carbocycles. The molecule has 2 heterocycles. The zero-order chi connectivity index (χ0) is 17.7. The molecule has 0 spiro atoms. The summed E-state index contributed by atoms with van der Waals surface area (Å²) in [5.41, 5.74) is 1.93. The number of carbonyl (C=O) groups is 2. The van der Waals surface area contributed by atoms with Gasteiger partial charge in [0.05, 0.1) is 5.69 Å². The minimum Gasteiger partial charge on any atom is -0.381 e. The van der Waals surface area contributed by atoms with Crippen LogP contribution in [-0.2, 0) is 14.4 Å². The summed E-state index contributed by atoms with van der Waals surface area (Å²) in [4.78, 5) is 32.0. The summed E-state index contributed by atoms with van der Waals surface area (Å²) in [6.07, 6.45) is -1.01. The lowest BCUT2D eigenvalue weighted by molar-refractivity contribution is -0.126. The van der Waals surface area contributed by atoms with Crippen LogP contribution in [0.25, 0.3) is 0 Å². The van der Waals surface area contributed by atoms with Crippen molar-refractivity contribution >= 4 is 34.8 Å². The molecule has 2 aliphatic rings. The Morgan fingerprint density at radius 1 is 1.12 bits per heavy atom. The summed E-state index contributed by atoms with van der Waals surface area (Å²) in [7, 11) is 0. The molecular weight excluding hydrogens is 347 g/mol. The summed E-state index contributed by atoms with van der Waals surface area (Å²) in [5, 5.41) is 4.35. The van der Waals surface area contributed by atoms with E-state index in [0.29, 0.717) is 27.5 Å². The van der Waals surface area contributed by atoms with Crippen molar-refractivity contribution in [3.05, 3.63) is 64.4 Å². The van der Waals surface area contributed by atoms with Gasteiger partial charge in [0.25, 0.3) is 5.91 Å². The fourth-order valence-corrected chi connectivity index (χ4v) is 3.28. The minimum absolute atomic E-state index is 0.325. The molecule has 25 heavy (non-hydrogen) atoms. The van der Waals surface area contributed by atoms with E-state index in [4.69, 9.17) is 16.4 Å². The number of rotatable bonds is 2. The molecule has 0 N–H and O–H groups in total. The summed E-state index contributed by atoms with van der Waals surface area (Å²) in [6.45, 7) is 1.74. The van der Waals surface area contributed by atoms with E-state index in [1.54, 1.807) is 25.1 Å². The molecule has 0 aromatic heterocycles. The monoisotopic (exact) mass is 358 g/mol. The zero-order valence-electron chi connectivity index (χ0n) is 13.1. The van der Waals surface area contributed by atoms with Crippen LogP contribution in [0.3, 0.4) is 0 Å². The molecule has 126 valence electrons. The quantitative estimate of drug-likeness (QED) is 0.775. The van der Waals surface area contributed by atoms with Gasteiger partial charge in [-0.15, -0.1) is 0 Å². The minimum atomic E-state index is -1.01. The van der Waals surface area contributed by atoms with Gasteiger partial charge in [-0.05, 0) is 36.8 Å². The number of fused-ring (bicyclic) bond motifs is 1. The first-order valence-electron chi connectivity index (χ1n) is 7.61. The first-order chi connectivity index (χ1) is 12.0. The summed E-state index contributed by atoms with van der Waals surface area (Å²) in [5.74, 6) is -2.16. The Bertz CT molecular complexity index is 926. The van der Waals surface area contributed by atoms with Crippen LogP contribution in [0.4, 0.5) is 10.1 Å². The van der Waals surface area contributed by atoms with E-state index in [2.05, 4.69) is 5.16 Å². The molecular formula is C18H12ClFN2O3. The van der Waals surface area contributed by atoms with Gasteiger partial charge in [-0.3, -0.25) is 9.59 Å². The van der Waals surface area contributed by atoms with Crippen molar-refractivity contribution in [2.45, 2.75) is 13.0 Å². The molecule has 1 saturated heterocycles. The zero-order valence-corrected chi connectivity index (χ0v) is 13.8. The lowest BCUT2D eigenvalue weighted by Gasteiger charge is -2.18. The number of carbonyl (C=O) groups excluding carboxylic acids is 2. The number of anilines is 1. The van der Waals surface area contributed by atoms with E-state index in [9.17, 15) is 14.0 Å². The van der Waals surface area contributed by atoms with Crippen molar-refractivity contribution in [3.63, 3.8) is 0 Å². The van der Waals surface area contributed by atoms with Crippen LogP contribution in [0.1, 0.15) is 11.1 Å². The van der Waals surface area contributed by atoms with Crippen LogP contribution in [0.5, 0.6) is 0 Å². The van der Waals surface area contributed by atoms with E-state index in [1.807, 2.05) is 0 Å². The van der Waals surface area contributed by atoms with E-state index in [1.165, 1.54) is 24.3 Å². The Hall–Kier alpha value is -2.73. The van der Waals surface area contributed by atoms with Gasteiger partial charge in [-0.25, -0.2) is 9.29 Å². The van der Waals surface area contributed by atoms with Gasteiger partial charge in [0.1, 0.15) is 17.4 Å². The van der Waals surface area contributed by atoms with Crippen molar-refractivity contribution in [2.75, 3.05) is 4.90 Å². The number of nitrogens with zero attached hydrogens (tertiary/aromatic N) is 2. The van der Waals surface area contributed by atoms with Crippen molar-refractivity contribution < 1.29 is 18.8 Å². The molecule has 2 amide bonds. The number of benzene rings is 2. The molecule has 0 aliphatic carbocycles. The fraction of sp³-hybridized carbons (Fsp3) is 0.167. The molecule has 2 aromatic carbocycles. The molecule has 5 nitrogen and oxygen atoms in total. The second-order valence-corrected chi connectivity index (χ2v) is 6.29. The average Bonchev–Trinajstić information content (AvgIpc) is 3.13. The van der Waals surface area contributed by atoms with Crippen LogP contribution in [-0.4, -0.2) is 23.6 Å². The molecule has 2 aromatic rings. The Kier molecular flexibility index (Phi) is 3.58. The fourth-order valence-electron chi connectivity index (χ4n) is 3.11. The standard InChI is InChI=1S/C18H12ClFN2O3/c1-9-12(19)3-2-4-13(9)22-17(23)14-15(21-25-16(14)18(22)24)10-5-7-11(20)8-6-10/h2-8,14,16H,1H3. The van der Waals surface area contributed by atoms with E-state index in [0.717, 1.165) is 4.90 Å². The van der Waals surface area contributed by atoms with E-state index < -0.39 is 29.7 Å². The molecule has 0 radical (unpaired) electrons. The number of oxime groups is 1. The largest absolute Gasteiger partial charge is 0.381 e. The molecule has 1 fully saturated rings. The van der Waals surface area contributed by atoms with Gasteiger partial charge in [-0.1, -0.05) is 35.0 Å². The number of halogens is 2. The topological polar surface area (TPSA) is 59.0 Å². The SMILES string of the molecule is Cc1c(Cl)cccc1N1C(=O)C2ON=C(c3ccc(F)cc3)C2C1=O. The smallest absolute Gasteiger partial charge is 0.278 e. The lowest BCUT2D eigenvalue weighted by atomic mass is 9.94. The summed E-state index contributed by atoms with van der Waals surface area (Å²) in [6, 6.07) is 10.6. The normalized spacial score (nSPS) is 22.0. The highest BCUT2D eigenvalue weighted by Crippen LogP contribution is 2.37. The predicted octanol–water partition coefficient (Wildman–Crippen LogP) is 3.08. The van der Waals surface area contributed by atoms with Gasteiger partial charge >= 0.3 is 0 Å². The highest BCUT2D eigenvalue weighted by molar-refractivity contribution is 6.34. The molecule has 2 unspecified atom stereocenters. The second-order valence-electron chi connectivity index (χ2n) is 5.88. The molecule has 2 atom stereocenters. The van der Waals surface area contributed by atoms with Crippen LogP contribution >= 0.6 is 11.6 Å². The Balaban J connectivity index is 1.73. The van der Waals surface area contributed by atoms with Gasteiger partial charge < -0.3 is 4.84 Å². The highest BCUT2D eigenvalue weighted by atomic mass is 35.5. The Morgan fingerprint density at radius 2 is 1.84 bits per heavy atom. The maximum atomic E-state index is 13.1. The van der Waals surface area contributed by atoms with E-state index >= 15 is 0 Å². The van der Waals surface area contributed by atoms with Crippen LogP contribution < -0.4 is 4.90 Å². The Morgan fingerprint density at radius 3 is 2.56 bits per heavy atom. The summed E-state index contributed by atoms with van der Waals surface area (Å²) >= 11 is 6.11. The van der Waals surface area contributed by atoms with Crippen LogP contribution in [0, 0.1) is 18.7 Å². The third kappa shape index (κ3) is 2.33. The van der Waals surface area contributed by atoms with Gasteiger partial charge in [-0.2, -0.15) is 0 Å². The number of hydrogen-bond donors (Lipinski definition) is 0. The van der Waals surface area contributed by atoms with Crippen molar-refractivity contribution in [1.82, 2.24) is 0 Å². The van der Waals surface area contributed by atoms with Crippen molar-refractivity contribution in [1.29, 1.82) is 0 Å². The number of hydrogen-bond acceptors (Lipinski definition) is 4. The van der Waals surface area contributed by atoms with Crippen molar-refractivity contribution in [3.8, 4) is 0 Å². The van der Waals surface area contributed by atoms with Gasteiger partial charge in [0.2, 0.25) is 12.0 Å². The van der Waals surface area contributed by atoms with Crippen LogP contribution in [0.2, 0.25) is 5.02 Å². The van der Waals surface area contributed by atoms with Crippen LogP contribution in [0.15, 0.2) is 47.6 Å². The third-order valence-corrected chi connectivity index (χ3v) is 4.84. The van der Waals surface area contributed by atoms with Gasteiger partial charge in [0, 0.05) is 10.6 Å². The lowest BCUT2D eigenvalue weighted by Crippen LogP contribution is -2.33. The van der Waals surface area contributed by atoms with E-state index in [-0.39, 0.29) is 0 Å². The van der Waals surface area contributed by atoms with Crippen molar-refractivity contribution in [2.24, 2.45) is 11.1 Å². The average molecular weight is 359 g/mol. The predicted molar refractivity (Wildman–Crippen MR) is 90.0 cm³/mol. The molecule has 4 rings (SSSR count). The maximum Gasteiger partial charge on any atom is 0.278 e. The number of imide groups is 1. The third-order valence-electron chi connectivity index (χ3n) is 4.43. The first kappa shape index (κ1) is 15.8. The highest BCUT2D eigenvalue weighted by Gasteiger charge is 2.56. The Labute approximate surface area is 147 Å². The maximum absolute atomic E-state index is 13.1. The number of amides is 2. The molecule has 0 bridgehead atoms. The first-order valence-corrected chi connectivity index (χ1v) is 7.99. The second kappa shape index (κ2) is 5.67. The molecule has 7 heteroatoms. The molecule has 2 aliphatic heterocycles. The van der Waals surface area contributed by atoms with Gasteiger partial charge in [0.15, 0.2) is 0 Å². The summed E-state index contributed by atoms with van der Waals surface area (Å²) < 4.78 is 13.1.